The molecule has 0 aliphatic carbocycles. The van der Waals surface area contributed by atoms with Crippen LogP contribution in [0.2, 0.25) is 0 Å². The maximum Gasteiger partial charge on any atom is 0.222 e. The Morgan fingerprint density at radius 3 is 2.71 bits per heavy atom. The van der Waals surface area contributed by atoms with Gasteiger partial charge in [0.25, 0.3) is 0 Å². The Bertz CT molecular complexity index is 670. The van der Waals surface area contributed by atoms with Crippen LogP contribution in [0.15, 0.2) is 24.3 Å². The average molecular weight is 389 g/mol. The zero-order valence-electron chi connectivity index (χ0n) is 17.0. The Balaban J connectivity index is 1.57. The van der Waals surface area contributed by atoms with Gasteiger partial charge in [0.15, 0.2) is 0 Å². The van der Waals surface area contributed by atoms with Crippen LogP contribution in [0.5, 0.6) is 5.75 Å². The van der Waals surface area contributed by atoms with Crippen molar-refractivity contribution in [3.05, 3.63) is 29.8 Å². The third-order valence-corrected chi connectivity index (χ3v) is 5.93. The summed E-state index contributed by atoms with van der Waals surface area (Å²) in [5.41, 5.74) is 0.795. The van der Waals surface area contributed by atoms with E-state index in [1.165, 1.54) is 6.42 Å². The van der Waals surface area contributed by atoms with Crippen molar-refractivity contribution in [2.24, 2.45) is 0 Å². The van der Waals surface area contributed by atoms with Gasteiger partial charge < -0.3 is 19.7 Å². The number of amides is 2. The largest absolute Gasteiger partial charge is 0.497 e. The summed E-state index contributed by atoms with van der Waals surface area (Å²) in [6.07, 6.45) is 6.56. The van der Waals surface area contributed by atoms with E-state index in [9.17, 15) is 9.59 Å². The van der Waals surface area contributed by atoms with Gasteiger partial charge in [-0.2, -0.15) is 0 Å². The minimum Gasteiger partial charge on any atom is -0.497 e. The number of rotatable bonds is 8. The molecule has 0 bridgehead atoms. The lowest BCUT2D eigenvalue weighted by atomic mass is 9.85. The van der Waals surface area contributed by atoms with E-state index >= 15 is 0 Å². The van der Waals surface area contributed by atoms with Crippen LogP contribution in [0, 0.1) is 0 Å². The van der Waals surface area contributed by atoms with E-state index in [2.05, 4.69) is 5.32 Å². The van der Waals surface area contributed by atoms with Gasteiger partial charge in [-0.15, -0.1) is 0 Å². The Kier molecular flexibility index (Phi) is 6.94. The number of nitrogens with one attached hydrogen (secondary N) is 1. The van der Waals surface area contributed by atoms with Gasteiger partial charge in [-0.05, 0) is 56.2 Å². The van der Waals surface area contributed by atoms with Gasteiger partial charge in [-0.1, -0.05) is 12.1 Å². The van der Waals surface area contributed by atoms with Gasteiger partial charge in [0, 0.05) is 38.6 Å². The highest BCUT2D eigenvalue weighted by Gasteiger charge is 2.38. The molecule has 1 aromatic carbocycles. The Morgan fingerprint density at radius 2 is 2.11 bits per heavy atom. The van der Waals surface area contributed by atoms with E-state index in [0.29, 0.717) is 25.8 Å². The quantitative estimate of drug-likeness (QED) is 0.744. The maximum absolute atomic E-state index is 12.7. The van der Waals surface area contributed by atoms with E-state index in [4.69, 9.17) is 9.47 Å². The molecule has 0 saturated carbocycles. The molecule has 0 aromatic heterocycles. The van der Waals surface area contributed by atoms with Crippen molar-refractivity contribution in [3.63, 3.8) is 0 Å². The number of hydrogen-bond acceptors (Lipinski definition) is 4. The first-order valence-corrected chi connectivity index (χ1v) is 10.3. The number of benzene rings is 1. The van der Waals surface area contributed by atoms with Crippen LogP contribution < -0.4 is 10.1 Å². The van der Waals surface area contributed by atoms with Crippen molar-refractivity contribution in [3.8, 4) is 5.75 Å². The molecule has 1 N–H and O–H groups in total. The number of likely N-dealkylation sites (N-methyl/N-ethyl adjacent to an activating group) is 1. The second kappa shape index (κ2) is 9.41. The molecule has 2 heterocycles. The summed E-state index contributed by atoms with van der Waals surface area (Å²) >= 11 is 0. The van der Waals surface area contributed by atoms with Crippen molar-refractivity contribution < 1.29 is 19.1 Å². The molecule has 0 spiro atoms. The van der Waals surface area contributed by atoms with E-state index in [1.54, 1.807) is 12.0 Å². The first-order valence-electron chi connectivity index (χ1n) is 10.3. The normalized spacial score (nSPS) is 24.6. The predicted octanol–water partition coefficient (Wildman–Crippen LogP) is 2.69. The maximum atomic E-state index is 12.7. The molecular weight excluding hydrogens is 356 g/mol. The molecule has 2 amide bonds. The van der Waals surface area contributed by atoms with Crippen LogP contribution in [0.3, 0.4) is 0 Å². The lowest BCUT2D eigenvalue weighted by molar-refractivity contribution is -0.133. The van der Waals surface area contributed by atoms with E-state index < -0.39 is 0 Å². The number of hydrogen-bond donors (Lipinski definition) is 1. The molecule has 2 atom stereocenters. The first kappa shape index (κ1) is 20.6. The predicted molar refractivity (Wildman–Crippen MR) is 107 cm³/mol. The molecule has 154 valence electrons. The highest BCUT2D eigenvalue weighted by Crippen LogP contribution is 2.30. The Morgan fingerprint density at radius 1 is 1.32 bits per heavy atom. The third kappa shape index (κ3) is 5.47. The molecule has 3 rings (SSSR count). The summed E-state index contributed by atoms with van der Waals surface area (Å²) in [7, 11) is 3.50. The van der Waals surface area contributed by atoms with Crippen LogP contribution in [0.4, 0.5) is 0 Å². The van der Waals surface area contributed by atoms with Crippen molar-refractivity contribution in [2.45, 2.75) is 63.0 Å². The Labute approximate surface area is 167 Å². The lowest BCUT2D eigenvalue weighted by Crippen LogP contribution is -2.45. The van der Waals surface area contributed by atoms with Crippen molar-refractivity contribution >= 4 is 11.8 Å². The summed E-state index contributed by atoms with van der Waals surface area (Å²) in [5.74, 6) is 1.00. The fraction of sp³-hybridized carbons (Fsp3) is 0.636. The van der Waals surface area contributed by atoms with Crippen molar-refractivity contribution in [2.75, 3.05) is 27.3 Å². The van der Waals surface area contributed by atoms with E-state index in [1.807, 2.05) is 31.3 Å². The average Bonchev–Trinajstić information content (AvgIpc) is 3.08. The zero-order chi connectivity index (χ0) is 20.0. The van der Waals surface area contributed by atoms with Crippen LogP contribution in [-0.2, 0) is 20.7 Å². The monoisotopic (exact) mass is 388 g/mol. The number of methoxy groups -OCH3 is 1. The van der Waals surface area contributed by atoms with Crippen molar-refractivity contribution in [1.82, 2.24) is 10.2 Å². The van der Waals surface area contributed by atoms with Crippen LogP contribution in [0.1, 0.15) is 50.5 Å². The molecule has 28 heavy (non-hydrogen) atoms. The number of ether oxygens (including phenoxy) is 2. The minimum absolute atomic E-state index is 0.0740. The highest BCUT2D eigenvalue weighted by atomic mass is 16.5. The fourth-order valence-electron chi connectivity index (χ4n) is 4.21. The summed E-state index contributed by atoms with van der Waals surface area (Å²) in [6.45, 7) is 1.44. The fourth-order valence-corrected chi connectivity index (χ4v) is 4.21. The molecule has 2 aliphatic rings. The molecular formula is C22H32N2O4. The van der Waals surface area contributed by atoms with Gasteiger partial charge in [0.1, 0.15) is 5.75 Å². The standard InChI is InChI=1S/C22H32N2O4/c1-24(16-19-5-3-4-14-28-19)21(26)11-13-22(12-10-20(25)23-22)15-17-6-8-18(27-2)9-7-17/h6-9,19H,3-5,10-16H2,1-2H3,(H,23,25). The molecule has 2 fully saturated rings. The van der Waals surface area contributed by atoms with Gasteiger partial charge in [0.05, 0.1) is 13.2 Å². The van der Waals surface area contributed by atoms with E-state index in [0.717, 1.165) is 43.6 Å². The summed E-state index contributed by atoms with van der Waals surface area (Å²) in [4.78, 5) is 26.4. The van der Waals surface area contributed by atoms with Crippen LogP contribution in [0.25, 0.3) is 0 Å². The third-order valence-electron chi connectivity index (χ3n) is 5.93. The molecule has 1 aromatic rings. The second-order valence-electron chi connectivity index (χ2n) is 8.12. The summed E-state index contributed by atoms with van der Waals surface area (Å²) < 4.78 is 11.0. The SMILES string of the molecule is COc1ccc(CC2(CCC(=O)N(C)CC3CCCCO3)CCC(=O)N2)cc1. The molecule has 2 saturated heterocycles. The smallest absolute Gasteiger partial charge is 0.222 e. The van der Waals surface area contributed by atoms with Crippen molar-refractivity contribution in [1.29, 1.82) is 0 Å². The minimum atomic E-state index is -0.344. The van der Waals surface area contributed by atoms with Crippen LogP contribution in [-0.4, -0.2) is 55.7 Å². The van der Waals surface area contributed by atoms with Gasteiger partial charge in [0.2, 0.25) is 11.8 Å². The molecule has 0 radical (unpaired) electrons. The summed E-state index contributed by atoms with van der Waals surface area (Å²) in [5, 5.41) is 3.15. The molecule has 2 unspecified atom stereocenters. The lowest BCUT2D eigenvalue weighted by Gasteiger charge is -2.31. The molecule has 6 heteroatoms. The first-order chi connectivity index (χ1) is 13.5. The highest BCUT2D eigenvalue weighted by molar-refractivity contribution is 5.80. The van der Waals surface area contributed by atoms with Gasteiger partial charge in [-0.25, -0.2) is 0 Å². The van der Waals surface area contributed by atoms with Gasteiger partial charge in [-0.3, -0.25) is 9.59 Å². The molecule has 6 nitrogen and oxygen atoms in total. The van der Waals surface area contributed by atoms with Crippen LogP contribution >= 0.6 is 0 Å². The zero-order valence-corrected chi connectivity index (χ0v) is 17.0. The van der Waals surface area contributed by atoms with Gasteiger partial charge >= 0.3 is 0 Å². The Hall–Kier alpha value is -2.08. The summed E-state index contributed by atoms with van der Waals surface area (Å²) in [6, 6.07) is 7.92. The van der Waals surface area contributed by atoms with E-state index in [-0.39, 0.29) is 23.5 Å². The second-order valence-corrected chi connectivity index (χ2v) is 8.12. The topological polar surface area (TPSA) is 67.9 Å². The number of carbonyl (C=O) groups excluding carboxylic acids is 2. The molecule has 2 aliphatic heterocycles. The number of nitrogens with zero attached hydrogens (tertiary/aromatic N) is 1. The number of carbonyl (C=O) groups is 2.